The van der Waals surface area contributed by atoms with E-state index in [0.29, 0.717) is 11.5 Å². The minimum Gasteiger partial charge on any atom is -0.291 e. The Kier molecular flexibility index (Phi) is 4.00. The number of carbonyl (C=O) groups is 1. The van der Waals surface area contributed by atoms with Crippen molar-refractivity contribution < 1.29 is 10.0 Å². The third kappa shape index (κ3) is 2.78. The van der Waals surface area contributed by atoms with E-state index >= 15 is 0 Å². The second-order valence-corrected chi connectivity index (χ2v) is 4.66. The van der Waals surface area contributed by atoms with Gasteiger partial charge >= 0.3 is 0 Å². The Morgan fingerprint density at radius 2 is 2.00 bits per heavy atom. The van der Waals surface area contributed by atoms with Gasteiger partial charge in [-0.2, -0.15) is 0 Å². The quantitative estimate of drug-likeness (QED) is 0.841. The van der Waals surface area contributed by atoms with Crippen molar-refractivity contribution in [3.63, 3.8) is 0 Å². The number of aromatic nitrogens is 1. The predicted molar refractivity (Wildman–Crippen MR) is 78.4 cm³/mol. The van der Waals surface area contributed by atoms with E-state index < -0.39 is 0 Å². The number of hydrogen-bond acceptors (Lipinski definition) is 4. The molecule has 5 nitrogen and oxygen atoms in total. The first-order valence-corrected chi connectivity index (χ1v) is 6.27. The summed E-state index contributed by atoms with van der Waals surface area (Å²) in [7, 11) is 0. The van der Waals surface area contributed by atoms with Crippen LogP contribution in [0.5, 0.6) is 0 Å². The van der Waals surface area contributed by atoms with Crippen LogP contribution in [0.4, 0.5) is 17.2 Å². The average molecular weight is 271 g/mol. The summed E-state index contributed by atoms with van der Waals surface area (Å²) in [6.45, 7) is 5.44. The molecule has 1 heterocycles. The molecular weight excluding hydrogens is 254 g/mol. The molecule has 5 heteroatoms. The lowest BCUT2D eigenvalue weighted by molar-refractivity contribution is -0.115. The summed E-state index contributed by atoms with van der Waals surface area (Å²) in [5.74, 6) is 0.322. The Morgan fingerprint density at radius 1 is 1.25 bits per heavy atom. The highest BCUT2D eigenvalue weighted by molar-refractivity contribution is 5.99. The lowest BCUT2D eigenvalue weighted by Gasteiger charge is -2.22. The summed E-state index contributed by atoms with van der Waals surface area (Å²) in [4.78, 5) is 17.7. The van der Waals surface area contributed by atoms with E-state index in [4.69, 9.17) is 5.21 Å². The Labute approximate surface area is 117 Å². The van der Waals surface area contributed by atoms with Gasteiger partial charge in [0.05, 0.1) is 11.4 Å². The normalized spacial score (nSPS) is 10.2. The van der Waals surface area contributed by atoms with Crippen LogP contribution < -0.4 is 10.4 Å². The number of nitrogens with one attached hydrogen (secondary N) is 1. The molecule has 0 saturated heterocycles. The van der Waals surface area contributed by atoms with E-state index in [9.17, 15) is 4.79 Å². The molecule has 0 saturated carbocycles. The molecule has 1 amide bonds. The standard InChI is InChI=1S/C15H17N3O2/c1-10-4-5-14(11(2)8-10)18(12(3)19)15-9-13(17-20)6-7-16-15/h4-9,20H,1-3H3,(H,16,17). The van der Waals surface area contributed by atoms with E-state index in [1.165, 1.54) is 18.0 Å². The van der Waals surface area contributed by atoms with E-state index in [-0.39, 0.29) is 5.91 Å². The van der Waals surface area contributed by atoms with Gasteiger partial charge in [0.15, 0.2) is 0 Å². The highest BCUT2D eigenvalue weighted by Crippen LogP contribution is 2.29. The maximum Gasteiger partial charge on any atom is 0.229 e. The summed E-state index contributed by atoms with van der Waals surface area (Å²) in [5, 5.41) is 8.96. The third-order valence-electron chi connectivity index (χ3n) is 3.01. The van der Waals surface area contributed by atoms with Crippen molar-refractivity contribution in [2.45, 2.75) is 20.8 Å². The largest absolute Gasteiger partial charge is 0.291 e. The van der Waals surface area contributed by atoms with Crippen LogP contribution in [-0.4, -0.2) is 16.1 Å². The number of hydrogen-bond donors (Lipinski definition) is 2. The van der Waals surface area contributed by atoms with Crippen molar-refractivity contribution in [3.8, 4) is 0 Å². The maximum absolute atomic E-state index is 12.0. The molecule has 104 valence electrons. The van der Waals surface area contributed by atoms with Gasteiger partial charge in [-0.15, -0.1) is 0 Å². The molecule has 20 heavy (non-hydrogen) atoms. The van der Waals surface area contributed by atoms with Gasteiger partial charge in [0.1, 0.15) is 5.82 Å². The number of aryl methyl sites for hydroxylation is 2. The summed E-state index contributed by atoms with van der Waals surface area (Å²) < 4.78 is 0. The number of nitrogens with zero attached hydrogens (tertiary/aromatic N) is 2. The van der Waals surface area contributed by atoms with Crippen LogP contribution >= 0.6 is 0 Å². The smallest absolute Gasteiger partial charge is 0.229 e. The van der Waals surface area contributed by atoms with Crippen LogP contribution in [0, 0.1) is 13.8 Å². The van der Waals surface area contributed by atoms with Crippen LogP contribution in [0.25, 0.3) is 0 Å². The lowest BCUT2D eigenvalue weighted by atomic mass is 10.1. The number of benzene rings is 1. The van der Waals surface area contributed by atoms with Gasteiger partial charge in [0, 0.05) is 19.2 Å². The monoisotopic (exact) mass is 271 g/mol. The van der Waals surface area contributed by atoms with Gasteiger partial charge in [0.2, 0.25) is 5.91 Å². The average Bonchev–Trinajstić information content (AvgIpc) is 2.41. The van der Waals surface area contributed by atoms with Crippen molar-refractivity contribution in [2.75, 3.05) is 10.4 Å². The van der Waals surface area contributed by atoms with Crippen molar-refractivity contribution in [2.24, 2.45) is 0 Å². The Hall–Kier alpha value is -2.40. The van der Waals surface area contributed by atoms with Gasteiger partial charge < -0.3 is 0 Å². The lowest BCUT2D eigenvalue weighted by Crippen LogP contribution is -2.24. The van der Waals surface area contributed by atoms with Gasteiger partial charge in [-0.3, -0.25) is 20.4 Å². The molecule has 0 spiro atoms. The molecule has 0 aliphatic rings. The van der Waals surface area contributed by atoms with Gasteiger partial charge in [0.25, 0.3) is 0 Å². The molecule has 1 aromatic heterocycles. The summed E-state index contributed by atoms with van der Waals surface area (Å²) >= 11 is 0. The van der Waals surface area contributed by atoms with Crippen LogP contribution in [0.15, 0.2) is 36.5 Å². The molecule has 0 atom stereocenters. The zero-order valence-electron chi connectivity index (χ0n) is 11.7. The van der Waals surface area contributed by atoms with Crippen molar-refractivity contribution >= 4 is 23.1 Å². The highest BCUT2D eigenvalue weighted by Gasteiger charge is 2.17. The number of amides is 1. The Morgan fingerprint density at radius 3 is 2.60 bits per heavy atom. The molecular formula is C15H17N3O2. The fourth-order valence-electron chi connectivity index (χ4n) is 2.12. The van der Waals surface area contributed by atoms with Crippen LogP contribution in [-0.2, 0) is 4.79 Å². The van der Waals surface area contributed by atoms with Crippen molar-refractivity contribution in [1.82, 2.24) is 4.98 Å². The van der Waals surface area contributed by atoms with E-state index in [1.54, 1.807) is 12.1 Å². The predicted octanol–water partition coefficient (Wildman–Crippen LogP) is 3.18. The van der Waals surface area contributed by atoms with Gasteiger partial charge in [-0.05, 0) is 31.5 Å². The fourth-order valence-corrected chi connectivity index (χ4v) is 2.12. The first-order chi connectivity index (χ1) is 9.52. The zero-order valence-corrected chi connectivity index (χ0v) is 11.7. The Bertz CT molecular complexity index is 641. The van der Waals surface area contributed by atoms with Crippen molar-refractivity contribution in [3.05, 3.63) is 47.7 Å². The zero-order chi connectivity index (χ0) is 14.7. The molecule has 0 unspecified atom stereocenters. The molecule has 0 aliphatic heterocycles. The molecule has 2 rings (SSSR count). The van der Waals surface area contributed by atoms with Crippen LogP contribution in [0.3, 0.4) is 0 Å². The summed E-state index contributed by atoms with van der Waals surface area (Å²) in [6, 6.07) is 9.09. The minimum absolute atomic E-state index is 0.139. The molecule has 2 aromatic rings. The van der Waals surface area contributed by atoms with E-state index in [1.807, 2.05) is 32.0 Å². The molecule has 0 aliphatic carbocycles. The van der Waals surface area contributed by atoms with E-state index in [0.717, 1.165) is 16.8 Å². The molecule has 0 bridgehead atoms. The maximum atomic E-state index is 12.0. The summed E-state index contributed by atoms with van der Waals surface area (Å²) in [5.41, 5.74) is 5.44. The SMILES string of the molecule is CC(=O)N(c1cc(NO)ccn1)c1ccc(C)cc1C. The second kappa shape index (κ2) is 5.71. The molecule has 2 N–H and O–H groups in total. The number of anilines is 3. The number of rotatable bonds is 3. The first-order valence-electron chi connectivity index (χ1n) is 6.27. The topological polar surface area (TPSA) is 65.5 Å². The first kappa shape index (κ1) is 14.0. The highest BCUT2D eigenvalue weighted by atomic mass is 16.5. The molecule has 0 radical (unpaired) electrons. The number of pyridine rings is 1. The number of carbonyl (C=O) groups excluding carboxylic acids is 1. The van der Waals surface area contributed by atoms with Gasteiger partial charge in [-0.1, -0.05) is 17.7 Å². The third-order valence-corrected chi connectivity index (χ3v) is 3.01. The minimum atomic E-state index is -0.139. The molecule has 1 aromatic carbocycles. The van der Waals surface area contributed by atoms with Crippen LogP contribution in [0.1, 0.15) is 18.1 Å². The van der Waals surface area contributed by atoms with E-state index in [2.05, 4.69) is 10.5 Å². The molecule has 0 fully saturated rings. The van der Waals surface area contributed by atoms with Crippen LogP contribution in [0.2, 0.25) is 0 Å². The van der Waals surface area contributed by atoms with Crippen molar-refractivity contribution in [1.29, 1.82) is 0 Å². The van der Waals surface area contributed by atoms with Gasteiger partial charge in [-0.25, -0.2) is 4.98 Å². The Balaban J connectivity index is 2.53. The summed E-state index contributed by atoms with van der Waals surface area (Å²) in [6.07, 6.45) is 1.54. The fraction of sp³-hybridized carbons (Fsp3) is 0.200. The second-order valence-electron chi connectivity index (χ2n) is 4.66.